The average molecular weight is 243 g/mol. The van der Waals surface area contributed by atoms with Gasteiger partial charge in [-0.05, 0) is 19.4 Å². The zero-order valence-electron chi connectivity index (χ0n) is 10.6. The van der Waals surface area contributed by atoms with E-state index in [1.807, 2.05) is 50.2 Å². The summed E-state index contributed by atoms with van der Waals surface area (Å²) in [6, 6.07) is 11.4. The highest BCUT2D eigenvalue weighted by atomic mass is 16.3. The summed E-state index contributed by atoms with van der Waals surface area (Å²) in [4.78, 5) is 8.47. The normalized spacial score (nSPS) is 12.2. The topological polar surface area (TPSA) is 58.0 Å². The van der Waals surface area contributed by atoms with E-state index in [1.165, 1.54) is 0 Å². The van der Waals surface area contributed by atoms with Crippen LogP contribution in [0.5, 0.6) is 0 Å². The molecule has 1 atom stereocenters. The smallest absolute Gasteiger partial charge is 0.130 e. The monoisotopic (exact) mass is 243 g/mol. The quantitative estimate of drug-likeness (QED) is 0.864. The Kier molecular flexibility index (Phi) is 3.89. The predicted octanol–water partition coefficient (Wildman–Crippen LogP) is 2.24. The molecule has 1 aromatic carbocycles. The van der Waals surface area contributed by atoms with E-state index in [1.54, 1.807) is 0 Å². The summed E-state index contributed by atoms with van der Waals surface area (Å²) in [6.45, 7) is 4.21. The number of aromatic nitrogens is 2. The molecule has 18 heavy (non-hydrogen) atoms. The van der Waals surface area contributed by atoms with Crippen molar-refractivity contribution < 1.29 is 5.11 Å². The molecule has 1 heterocycles. The van der Waals surface area contributed by atoms with Gasteiger partial charge < -0.3 is 10.4 Å². The molecule has 0 saturated heterocycles. The zero-order valence-corrected chi connectivity index (χ0v) is 10.6. The number of nitrogens with zero attached hydrogens (tertiary/aromatic N) is 2. The van der Waals surface area contributed by atoms with Gasteiger partial charge in [0.15, 0.2) is 0 Å². The highest BCUT2D eigenvalue weighted by Gasteiger charge is 2.07. The van der Waals surface area contributed by atoms with Gasteiger partial charge in [-0.15, -0.1) is 0 Å². The van der Waals surface area contributed by atoms with Crippen molar-refractivity contribution >= 4 is 5.82 Å². The van der Waals surface area contributed by atoms with Gasteiger partial charge in [-0.3, -0.25) is 0 Å². The highest BCUT2D eigenvalue weighted by Crippen LogP contribution is 2.13. The fourth-order valence-corrected chi connectivity index (χ4v) is 1.80. The van der Waals surface area contributed by atoms with Gasteiger partial charge >= 0.3 is 0 Å². The Balaban J connectivity index is 1.99. The molecule has 0 unspecified atom stereocenters. The molecule has 0 aliphatic carbocycles. The number of aliphatic hydroxyl groups is 1. The molecular weight excluding hydrogens is 226 g/mol. The van der Waals surface area contributed by atoms with Crippen molar-refractivity contribution in [3.8, 4) is 0 Å². The number of nitrogens with one attached hydrogen (secondary N) is 1. The molecule has 4 heteroatoms. The van der Waals surface area contributed by atoms with Crippen molar-refractivity contribution in [3.63, 3.8) is 0 Å². The molecule has 0 spiro atoms. The number of hydrogen-bond donors (Lipinski definition) is 2. The first kappa shape index (κ1) is 12.5. The van der Waals surface area contributed by atoms with Crippen molar-refractivity contribution in [2.45, 2.75) is 20.0 Å². The van der Waals surface area contributed by atoms with Crippen molar-refractivity contribution in [3.05, 3.63) is 53.5 Å². The predicted molar refractivity (Wildman–Crippen MR) is 71.4 cm³/mol. The van der Waals surface area contributed by atoms with Crippen LogP contribution in [0.25, 0.3) is 0 Å². The van der Waals surface area contributed by atoms with Gasteiger partial charge in [0, 0.05) is 18.3 Å². The first-order chi connectivity index (χ1) is 8.65. The number of hydrogen-bond acceptors (Lipinski definition) is 4. The van der Waals surface area contributed by atoms with E-state index in [0.717, 1.165) is 22.9 Å². The summed E-state index contributed by atoms with van der Waals surface area (Å²) in [6.07, 6.45) is -0.540. The number of aryl methyl sites for hydroxylation is 2. The second-order valence-electron chi connectivity index (χ2n) is 4.25. The Labute approximate surface area is 107 Å². The summed E-state index contributed by atoms with van der Waals surface area (Å²) in [5.74, 6) is 1.47. The van der Waals surface area contributed by atoms with Crippen molar-refractivity contribution in [1.82, 2.24) is 9.97 Å². The standard InChI is InChI=1S/C14H17N3O/c1-10-8-14(17-11(2)16-10)15-9-13(18)12-6-4-3-5-7-12/h3-8,13,18H,9H2,1-2H3,(H,15,16,17)/t13-/m0/s1. The van der Waals surface area contributed by atoms with E-state index in [2.05, 4.69) is 15.3 Å². The SMILES string of the molecule is Cc1cc(NC[C@H](O)c2ccccc2)nc(C)n1. The maximum atomic E-state index is 10.0. The minimum absolute atomic E-state index is 0.430. The van der Waals surface area contributed by atoms with Crippen molar-refractivity contribution in [2.24, 2.45) is 0 Å². The van der Waals surface area contributed by atoms with Gasteiger partial charge in [0.1, 0.15) is 11.6 Å². The first-order valence-electron chi connectivity index (χ1n) is 5.94. The maximum absolute atomic E-state index is 10.0. The summed E-state index contributed by atoms with van der Waals surface area (Å²) < 4.78 is 0. The molecule has 0 aliphatic heterocycles. The number of aliphatic hydroxyl groups excluding tert-OH is 1. The third kappa shape index (κ3) is 3.28. The minimum Gasteiger partial charge on any atom is -0.387 e. The van der Waals surface area contributed by atoms with Crippen LogP contribution in [-0.4, -0.2) is 21.6 Å². The molecule has 2 aromatic rings. The highest BCUT2D eigenvalue weighted by molar-refractivity contribution is 5.36. The molecule has 0 saturated carbocycles. The van der Waals surface area contributed by atoms with Crippen LogP contribution < -0.4 is 5.32 Å². The van der Waals surface area contributed by atoms with Gasteiger partial charge in [0.05, 0.1) is 6.10 Å². The van der Waals surface area contributed by atoms with Gasteiger partial charge in [0.2, 0.25) is 0 Å². The first-order valence-corrected chi connectivity index (χ1v) is 5.94. The van der Waals surface area contributed by atoms with Gasteiger partial charge in [-0.25, -0.2) is 9.97 Å². The van der Waals surface area contributed by atoms with E-state index in [0.29, 0.717) is 6.54 Å². The lowest BCUT2D eigenvalue weighted by atomic mass is 10.1. The van der Waals surface area contributed by atoms with E-state index in [9.17, 15) is 5.11 Å². The Bertz CT molecular complexity index is 493. The van der Waals surface area contributed by atoms with E-state index >= 15 is 0 Å². The fourth-order valence-electron chi connectivity index (χ4n) is 1.80. The lowest BCUT2D eigenvalue weighted by molar-refractivity contribution is 0.191. The average Bonchev–Trinajstić information content (AvgIpc) is 2.36. The zero-order chi connectivity index (χ0) is 13.0. The molecule has 0 radical (unpaired) electrons. The van der Waals surface area contributed by atoms with Gasteiger partial charge in [-0.2, -0.15) is 0 Å². The molecule has 1 aromatic heterocycles. The Morgan fingerprint density at radius 3 is 2.56 bits per heavy atom. The van der Waals surface area contributed by atoms with Crippen molar-refractivity contribution in [2.75, 3.05) is 11.9 Å². The number of benzene rings is 1. The molecule has 0 fully saturated rings. The van der Waals surface area contributed by atoms with E-state index in [4.69, 9.17) is 0 Å². The van der Waals surface area contributed by atoms with Crippen LogP contribution >= 0.6 is 0 Å². The van der Waals surface area contributed by atoms with Crippen LogP contribution in [0.1, 0.15) is 23.2 Å². The largest absolute Gasteiger partial charge is 0.387 e. The molecule has 4 nitrogen and oxygen atoms in total. The molecule has 0 bridgehead atoms. The molecule has 0 amide bonds. The fraction of sp³-hybridized carbons (Fsp3) is 0.286. The summed E-state index contributed by atoms with van der Waals surface area (Å²) in [5, 5.41) is 13.1. The minimum atomic E-state index is -0.540. The lowest BCUT2D eigenvalue weighted by Gasteiger charge is -2.13. The van der Waals surface area contributed by atoms with Crippen LogP contribution in [-0.2, 0) is 0 Å². The molecule has 0 aliphatic rings. The number of rotatable bonds is 4. The second kappa shape index (κ2) is 5.60. The molecule has 2 rings (SSSR count). The van der Waals surface area contributed by atoms with Gasteiger partial charge in [0.25, 0.3) is 0 Å². The van der Waals surface area contributed by atoms with Crippen LogP contribution in [0.4, 0.5) is 5.82 Å². The van der Waals surface area contributed by atoms with E-state index < -0.39 is 6.10 Å². The molecule has 2 N–H and O–H groups in total. The van der Waals surface area contributed by atoms with Crippen LogP contribution in [0.2, 0.25) is 0 Å². The summed E-state index contributed by atoms with van der Waals surface area (Å²) >= 11 is 0. The second-order valence-corrected chi connectivity index (χ2v) is 4.25. The Hall–Kier alpha value is -1.94. The van der Waals surface area contributed by atoms with Crippen LogP contribution in [0, 0.1) is 13.8 Å². The third-order valence-electron chi connectivity index (χ3n) is 2.63. The van der Waals surface area contributed by atoms with Crippen molar-refractivity contribution in [1.29, 1.82) is 0 Å². The van der Waals surface area contributed by atoms with Crippen LogP contribution in [0.3, 0.4) is 0 Å². The summed E-state index contributed by atoms with van der Waals surface area (Å²) in [7, 11) is 0. The third-order valence-corrected chi connectivity index (χ3v) is 2.63. The molecule has 94 valence electrons. The van der Waals surface area contributed by atoms with E-state index in [-0.39, 0.29) is 0 Å². The van der Waals surface area contributed by atoms with Gasteiger partial charge in [-0.1, -0.05) is 30.3 Å². The Morgan fingerprint density at radius 1 is 1.17 bits per heavy atom. The number of anilines is 1. The Morgan fingerprint density at radius 2 is 1.89 bits per heavy atom. The molecular formula is C14H17N3O. The lowest BCUT2D eigenvalue weighted by Crippen LogP contribution is -2.13. The van der Waals surface area contributed by atoms with Crippen LogP contribution in [0.15, 0.2) is 36.4 Å². The maximum Gasteiger partial charge on any atom is 0.130 e. The summed E-state index contributed by atoms with van der Waals surface area (Å²) in [5.41, 5.74) is 1.81.